The summed E-state index contributed by atoms with van der Waals surface area (Å²) in [6.07, 6.45) is 0. The van der Waals surface area contributed by atoms with Gasteiger partial charge in [-0.15, -0.1) is 0 Å². The van der Waals surface area contributed by atoms with Crippen LogP contribution in [-0.2, 0) is 38.4 Å². The van der Waals surface area contributed by atoms with Crippen molar-refractivity contribution in [3.63, 3.8) is 0 Å². The highest BCUT2D eigenvalue weighted by Crippen LogP contribution is 2.55. The Bertz CT molecular complexity index is 3550. The summed E-state index contributed by atoms with van der Waals surface area (Å²) in [5, 5.41) is 0. The summed E-state index contributed by atoms with van der Waals surface area (Å²) >= 11 is 0. The lowest BCUT2D eigenvalue weighted by Crippen LogP contribution is -2.35. The molecule has 0 fully saturated rings. The number of nitrogens with one attached hydrogen (secondary N) is 8. The molecule has 9 rings (SSSR count). The fourth-order valence-electron chi connectivity index (χ4n) is 11.4. The average Bonchev–Trinajstić information content (AvgIpc) is 0.737. The van der Waals surface area contributed by atoms with Gasteiger partial charge < -0.3 is 37.9 Å². The molecular formula is C68H72N16O16. The molecule has 8 bridgehead atoms. The maximum Gasteiger partial charge on any atom is 0.271 e. The fraction of sp³-hybridized carbons (Fsp3) is 0.176. The molecule has 0 saturated carbocycles. The number of carbonyl (C=O) groups excluding carboxylic acids is 8. The van der Waals surface area contributed by atoms with Crippen LogP contribution in [0.2, 0.25) is 0 Å². The standard InChI is InChI=1S/C68H72N16O16/c69-77-57(85)29-93-49-25-51(95-31-59(87)79-71)43-21-41(49)65(37-13-5-1-6-14-37)42-22-44(52(96-32-60(88)80-72)26-50(42)94-30-58(86)78-70)67(39-17-9-3-10-18-39)46-24-48(56(100-36-64(92)84-76)28-54(46)98-34-62(90)82-74)68(40-19-11-4-12-20-40)47-23-45(66(43)38-15-7-2-8-16-38)53(97-33-61(89)81-73)27-55(47)99-35-63(91)83-75/h1-28,65-68H,29-36,69-76H2,(H,77,85)(H,78,86)(H,79,87)(H,80,88)(H,81,89)(H,82,90)(H,83,91)(H,84,92). The van der Waals surface area contributed by atoms with Gasteiger partial charge in [0.05, 0.1) is 0 Å². The predicted molar refractivity (Wildman–Crippen MR) is 358 cm³/mol. The number of nitrogens with two attached hydrogens (primary N) is 8. The summed E-state index contributed by atoms with van der Waals surface area (Å²) in [5.74, 6) is 33.7. The van der Waals surface area contributed by atoms with Gasteiger partial charge in [-0.2, -0.15) is 0 Å². The topological polar surface area (TPSA) is 515 Å². The number of benzene rings is 8. The molecule has 520 valence electrons. The molecule has 32 heteroatoms. The molecule has 8 aromatic rings. The third-order valence-corrected chi connectivity index (χ3v) is 15.7. The van der Waals surface area contributed by atoms with Gasteiger partial charge in [0.1, 0.15) is 46.0 Å². The van der Waals surface area contributed by atoms with Crippen LogP contribution in [0, 0.1) is 0 Å². The number of hydrazine groups is 8. The summed E-state index contributed by atoms with van der Waals surface area (Å²) in [6, 6.07) is 47.9. The van der Waals surface area contributed by atoms with E-state index in [4.69, 9.17) is 84.6 Å². The Morgan fingerprint density at radius 2 is 0.350 bits per heavy atom. The van der Waals surface area contributed by atoms with Crippen LogP contribution in [0.15, 0.2) is 170 Å². The van der Waals surface area contributed by atoms with Gasteiger partial charge in [-0.05, 0) is 46.5 Å². The Hall–Kier alpha value is -12.4. The maximum absolute atomic E-state index is 13.4. The van der Waals surface area contributed by atoms with E-state index in [1.807, 2.05) is 0 Å². The van der Waals surface area contributed by atoms with E-state index in [0.29, 0.717) is 22.3 Å². The highest BCUT2D eigenvalue weighted by molar-refractivity contribution is 5.81. The first-order valence-corrected chi connectivity index (χ1v) is 30.4. The van der Waals surface area contributed by atoms with E-state index in [1.165, 1.54) is 24.3 Å². The monoisotopic (exact) mass is 1370 g/mol. The van der Waals surface area contributed by atoms with Crippen LogP contribution in [0.4, 0.5) is 0 Å². The van der Waals surface area contributed by atoms with E-state index in [1.54, 1.807) is 146 Å². The van der Waals surface area contributed by atoms with Crippen molar-refractivity contribution >= 4 is 47.3 Å². The third kappa shape index (κ3) is 17.4. The molecule has 8 amide bonds. The number of ether oxygens (including phenoxy) is 8. The molecule has 32 nitrogen and oxygen atoms in total. The van der Waals surface area contributed by atoms with Crippen molar-refractivity contribution in [3.8, 4) is 46.0 Å². The molecule has 8 aromatic carbocycles. The summed E-state index contributed by atoms with van der Waals surface area (Å²) in [5.41, 5.74) is 20.3. The Kier molecular flexibility index (Phi) is 24.8. The van der Waals surface area contributed by atoms with Gasteiger partial charge in [-0.3, -0.25) is 81.8 Å². The molecule has 0 spiro atoms. The second kappa shape index (κ2) is 34.5. The van der Waals surface area contributed by atoms with Gasteiger partial charge in [0.25, 0.3) is 47.3 Å². The number of amides is 8. The molecule has 0 heterocycles. The minimum absolute atomic E-state index is 0.0793. The van der Waals surface area contributed by atoms with Gasteiger partial charge in [0.15, 0.2) is 52.9 Å². The quantitative estimate of drug-likeness (QED) is 0.0170. The largest absolute Gasteiger partial charge is 0.483 e. The SMILES string of the molecule is NNC(=O)COc1cc(OCC(=O)NN)c2cc1C(c1ccccc1)c1cc(c(OCC(=O)NN)cc1OCC(=O)NN)C(c1ccccc1)c1cc(c(OCC(=O)NN)cc1OCC(=O)NN)C(c1ccccc1)c1cc(c(OCC(=O)NN)cc1OCC(=O)NN)C2c1ccccc1. The lowest BCUT2D eigenvalue weighted by Gasteiger charge is -2.32. The molecule has 0 aromatic heterocycles. The van der Waals surface area contributed by atoms with Crippen molar-refractivity contribution in [2.45, 2.75) is 23.7 Å². The highest BCUT2D eigenvalue weighted by atomic mass is 16.5. The van der Waals surface area contributed by atoms with Gasteiger partial charge in [-0.25, -0.2) is 46.7 Å². The van der Waals surface area contributed by atoms with Crippen LogP contribution < -0.4 is 128 Å². The number of hydrogen-bond donors (Lipinski definition) is 16. The van der Waals surface area contributed by atoms with Gasteiger partial charge in [0, 0.05) is 92.4 Å². The molecule has 1 aliphatic carbocycles. The molecule has 0 radical (unpaired) electrons. The van der Waals surface area contributed by atoms with Crippen molar-refractivity contribution in [1.82, 2.24) is 43.4 Å². The molecule has 100 heavy (non-hydrogen) atoms. The first kappa shape index (κ1) is 71.9. The van der Waals surface area contributed by atoms with Gasteiger partial charge in [0.2, 0.25) is 0 Å². The summed E-state index contributed by atoms with van der Waals surface area (Å²) < 4.78 is 52.4. The fourth-order valence-corrected chi connectivity index (χ4v) is 11.4. The zero-order valence-electron chi connectivity index (χ0n) is 53.3. The number of hydrogen-bond acceptors (Lipinski definition) is 24. The Morgan fingerprint density at radius 3 is 0.470 bits per heavy atom. The van der Waals surface area contributed by atoms with Crippen LogP contribution >= 0.6 is 0 Å². The van der Waals surface area contributed by atoms with Crippen molar-refractivity contribution < 1.29 is 76.3 Å². The van der Waals surface area contributed by atoms with E-state index in [2.05, 4.69) is 43.4 Å². The molecule has 0 atom stereocenters. The van der Waals surface area contributed by atoms with Crippen molar-refractivity contribution in [2.24, 2.45) is 46.7 Å². The Morgan fingerprint density at radius 1 is 0.220 bits per heavy atom. The lowest BCUT2D eigenvalue weighted by molar-refractivity contribution is -0.124. The Labute approximate surface area is 570 Å². The van der Waals surface area contributed by atoms with Crippen molar-refractivity contribution in [2.75, 3.05) is 52.9 Å². The minimum Gasteiger partial charge on any atom is -0.483 e. The van der Waals surface area contributed by atoms with Crippen LogP contribution in [0.3, 0.4) is 0 Å². The normalized spacial score (nSPS) is 14.2. The number of rotatable bonds is 28. The summed E-state index contributed by atoms with van der Waals surface area (Å²) in [6.45, 7) is -5.85. The van der Waals surface area contributed by atoms with Crippen molar-refractivity contribution in [3.05, 3.63) is 237 Å². The molecule has 1 aliphatic rings. The lowest BCUT2D eigenvalue weighted by atomic mass is 9.75. The molecule has 0 unspecified atom stereocenters. The van der Waals surface area contributed by atoms with E-state index in [0.717, 1.165) is 0 Å². The molecule has 0 aliphatic heterocycles. The third-order valence-electron chi connectivity index (χ3n) is 15.7. The van der Waals surface area contributed by atoms with Crippen LogP contribution in [0.1, 0.15) is 90.4 Å². The van der Waals surface area contributed by atoms with E-state index >= 15 is 0 Å². The number of carbonyl (C=O) groups is 8. The maximum atomic E-state index is 13.4. The predicted octanol–water partition coefficient (Wildman–Crippen LogP) is -0.330. The highest BCUT2D eigenvalue weighted by Gasteiger charge is 2.38. The van der Waals surface area contributed by atoms with Gasteiger partial charge in [-0.1, -0.05) is 121 Å². The summed E-state index contributed by atoms with van der Waals surface area (Å²) in [7, 11) is 0. The van der Waals surface area contributed by atoms with Gasteiger partial charge >= 0.3 is 0 Å². The number of fused-ring (bicyclic) bond motifs is 8. The molecular weight excluding hydrogens is 1300 g/mol. The minimum atomic E-state index is -1.22. The first-order chi connectivity index (χ1) is 48.5. The average molecular weight is 1370 g/mol. The molecule has 24 N–H and O–H groups in total. The smallest absolute Gasteiger partial charge is 0.271 e. The van der Waals surface area contributed by atoms with Crippen molar-refractivity contribution in [1.29, 1.82) is 0 Å². The zero-order valence-corrected chi connectivity index (χ0v) is 53.3. The van der Waals surface area contributed by atoms with E-state index in [-0.39, 0.29) is 90.5 Å². The van der Waals surface area contributed by atoms with E-state index in [9.17, 15) is 38.4 Å². The Balaban J connectivity index is 1.63. The molecule has 0 saturated heterocycles. The van der Waals surface area contributed by atoms with E-state index < -0.39 is 124 Å². The second-order valence-electron chi connectivity index (χ2n) is 21.9. The van der Waals surface area contributed by atoms with Crippen LogP contribution in [-0.4, -0.2) is 100 Å². The van der Waals surface area contributed by atoms with Crippen LogP contribution in [0.25, 0.3) is 0 Å². The summed E-state index contributed by atoms with van der Waals surface area (Å²) in [4.78, 5) is 107. The first-order valence-electron chi connectivity index (χ1n) is 30.4. The second-order valence-corrected chi connectivity index (χ2v) is 21.9. The van der Waals surface area contributed by atoms with Crippen LogP contribution in [0.5, 0.6) is 46.0 Å². The zero-order chi connectivity index (χ0) is 71.2.